The number of nitro benzene ring substituents is 1. The highest BCUT2D eigenvalue weighted by atomic mass is 17.2. The maximum absolute atomic E-state index is 11.6. The van der Waals surface area contributed by atoms with Crippen LogP contribution in [-0.2, 0) is 4.89 Å². The molecular weight excluding hydrogens is 304 g/mol. The molecule has 1 aliphatic heterocycles. The Morgan fingerprint density at radius 2 is 2.13 bits per heavy atom. The third kappa shape index (κ3) is 3.23. The van der Waals surface area contributed by atoms with Crippen molar-refractivity contribution in [3.63, 3.8) is 0 Å². The number of hydrogen-bond acceptors (Lipinski definition) is 6. The first-order valence-corrected chi connectivity index (χ1v) is 6.98. The van der Waals surface area contributed by atoms with Gasteiger partial charge in [0.15, 0.2) is 5.75 Å². The van der Waals surface area contributed by atoms with Crippen LogP contribution in [0.5, 0.6) is 5.75 Å². The van der Waals surface area contributed by atoms with Gasteiger partial charge in [0, 0.05) is 31.4 Å². The topological polar surface area (TPSA) is 99.7 Å². The van der Waals surface area contributed by atoms with Crippen LogP contribution in [0.25, 0.3) is 5.69 Å². The molecule has 1 amide bonds. The van der Waals surface area contributed by atoms with Crippen LogP contribution in [0.15, 0.2) is 30.5 Å². The molecule has 0 spiro atoms. The highest BCUT2D eigenvalue weighted by Crippen LogP contribution is 2.25. The van der Waals surface area contributed by atoms with Crippen molar-refractivity contribution in [2.45, 2.75) is 13.3 Å². The van der Waals surface area contributed by atoms with Gasteiger partial charge in [-0.3, -0.25) is 15.0 Å². The first kappa shape index (κ1) is 14.8. The molecule has 9 heteroatoms. The summed E-state index contributed by atoms with van der Waals surface area (Å²) in [6.45, 7) is 3.05. The number of aromatic nitrogens is 2. The van der Waals surface area contributed by atoms with Gasteiger partial charge >= 0.3 is 6.09 Å². The first-order chi connectivity index (χ1) is 11.0. The molecule has 1 aromatic carbocycles. The molecule has 0 unspecified atom stereocenters. The van der Waals surface area contributed by atoms with Gasteiger partial charge in [-0.15, -0.1) is 0 Å². The van der Waals surface area contributed by atoms with E-state index in [1.165, 1.54) is 27.8 Å². The van der Waals surface area contributed by atoms with Gasteiger partial charge in [0.1, 0.15) is 0 Å². The number of carbonyl (C=O) groups excluding carboxylic acids is 1. The number of amides is 1. The summed E-state index contributed by atoms with van der Waals surface area (Å²) in [7, 11) is 0. The molecule has 2 heterocycles. The summed E-state index contributed by atoms with van der Waals surface area (Å²) in [6.07, 6.45) is 1.98. The van der Waals surface area contributed by atoms with E-state index in [2.05, 4.69) is 5.10 Å². The van der Waals surface area contributed by atoms with Crippen molar-refractivity contribution in [3.8, 4) is 11.4 Å². The summed E-state index contributed by atoms with van der Waals surface area (Å²) in [5, 5.41) is 15.2. The predicted octanol–water partition coefficient (Wildman–Crippen LogP) is 2.23. The second-order valence-corrected chi connectivity index (χ2v) is 5.12. The van der Waals surface area contributed by atoms with Crippen molar-refractivity contribution >= 4 is 11.8 Å². The van der Waals surface area contributed by atoms with E-state index in [1.807, 2.05) is 0 Å². The molecule has 23 heavy (non-hydrogen) atoms. The van der Waals surface area contributed by atoms with Gasteiger partial charge in [-0.1, -0.05) is 0 Å². The number of rotatable bonds is 4. The van der Waals surface area contributed by atoms with E-state index in [0.717, 1.165) is 12.1 Å². The molecule has 1 saturated heterocycles. The molecule has 0 N–H and O–H groups in total. The van der Waals surface area contributed by atoms with E-state index in [9.17, 15) is 14.9 Å². The average Bonchev–Trinajstić information content (AvgIpc) is 2.89. The number of likely N-dealkylation sites (tertiary alicyclic amines) is 1. The van der Waals surface area contributed by atoms with E-state index in [4.69, 9.17) is 9.78 Å². The molecule has 0 atom stereocenters. The van der Waals surface area contributed by atoms with Crippen LogP contribution >= 0.6 is 0 Å². The fourth-order valence-electron chi connectivity index (χ4n) is 2.05. The van der Waals surface area contributed by atoms with E-state index in [0.29, 0.717) is 18.8 Å². The van der Waals surface area contributed by atoms with Crippen LogP contribution < -0.4 is 4.89 Å². The zero-order valence-electron chi connectivity index (χ0n) is 12.3. The lowest BCUT2D eigenvalue weighted by Gasteiger charge is -2.28. The van der Waals surface area contributed by atoms with Gasteiger partial charge in [0.05, 0.1) is 22.4 Å². The lowest BCUT2D eigenvalue weighted by atomic mass is 10.2. The Labute approximate surface area is 131 Å². The lowest BCUT2D eigenvalue weighted by molar-refractivity contribution is -0.385. The van der Waals surface area contributed by atoms with E-state index in [1.54, 1.807) is 19.2 Å². The first-order valence-electron chi connectivity index (χ1n) is 6.98. The quantitative estimate of drug-likeness (QED) is 0.487. The summed E-state index contributed by atoms with van der Waals surface area (Å²) < 4.78 is 1.48. The van der Waals surface area contributed by atoms with Gasteiger partial charge in [-0.25, -0.2) is 14.4 Å². The van der Waals surface area contributed by atoms with Gasteiger partial charge in [0.2, 0.25) is 0 Å². The highest BCUT2D eigenvalue weighted by molar-refractivity contribution is 5.67. The van der Waals surface area contributed by atoms with Crippen LogP contribution in [0.4, 0.5) is 10.5 Å². The summed E-state index contributed by atoms with van der Waals surface area (Å²) in [5.41, 5.74) is 1.01. The zero-order valence-corrected chi connectivity index (χ0v) is 12.3. The minimum Gasteiger partial charge on any atom is -0.305 e. The van der Waals surface area contributed by atoms with Crippen molar-refractivity contribution in [3.05, 3.63) is 46.3 Å². The predicted molar refractivity (Wildman–Crippen MR) is 78.3 cm³/mol. The zero-order chi connectivity index (χ0) is 16.4. The molecule has 0 aliphatic carbocycles. The molecule has 3 rings (SSSR count). The van der Waals surface area contributed by atoms with E-state index < -0.39 is 11.0 Å². The number of aryl methyl sites for hydroxylation is 1. The van der Waals surface area contributed by atoms with E-state index in [-0.39, 0.29) is 11.4 Å². The molecule has 2 aromatic rings. The Morgan fingerprint density at radius 3 is 2.70 bits per heavy atom. The third-order valence-corrected chi connectivity index (χ3v) is 3.40. The van der Waals surface area contributed by atoms with Crippen LogP contribution in [0.3, 0.4) is 0 Å². The SMILES string of the molecule is Cc1ccn(-c2cc(OOC(=O)N3CCC3)cc([N+](=O)[O-])c2)n1. The minimum absolute atomic E-state index is 0.0521. The molecular formula is C14H14N4O5. The molecule has 1 aromatic heterocycles. The normalized spacial score (nSPS) is 13.3. The maximum atomic E-state index is 11.6. The van der Waals surface area contributed by atoms with Gasteiger partial charge in [0.25, 0.3) is 5.69 Å². The average molecular weight is 318 g/mol. The Hall–Kier alpha value is -3.10. The Morgan fingerprint density at radius 1 is 1.35 bits per heavy atom. The molecule has 0 bridgehead atoms. The molecule has 120 valence electrons. The highest BCUT2D eigenvalue weighted by Gasteiger charge is 2.23. The van der Waals surface area contributed by atoms with Gasteiger partial charge in [-0.2, -0.15) is 5.10 Å². The Balaban J connectivity index is 1.82. The van der Waals surface area contributed by atoms with Crippen LogP contribution in [-0.4, -0.2) is 38.8 Å². The second-order valence-electron chi connectivity index (χ2n) is 5.12. The molecule has 1 fully saturated rings. The van der Waals surface area contributed by atoms with Gasteiger partial charge < -0.3 is 4.90 Å². The summed E-state index contributed by atoms with van der Waals surface area (Å²) in [5.74, 6) is 0.0521. The standard InChI is InChI=1S/C14H14N4O5/c1-10-3-6-17(15-10)11-7-12(18(20)21)9-13(8-11)22-23-14(19)16-4-2-5-16/h3,6-9H,2,4-5H2,1H3. The van der Waals surface area contributed by atoms with E-state index >= 15 is 0 Å². The smallest absolute Gasteiger partial charge is 0.305 e. The number of benzene rings is 1. The fourth-order valence-corrected chi connectivity index (χ4v) is 2.05. The molecule has 0 radical (unpaired) electrons. The number of nitrogens with zero attached hydrogens (tertiary/aromatic N) is 4. The summed E-state index contributed by atoms with van der Waals surface area (Å²) >= 11 is 0. The van der Waals surface area contributed by atoms with Crippen LogP contribution in [0.2, 0.25) is 0 Å². The van der Waals surface area contributed by atoms with Crippen molar-refractivity contribution in [2.24, 2.45) is 0 Å². The monoisotopic (exact) mass is 318 g/mol. The number of carbonyl (C=O) groups is 1. The summed E-state index contributed by atoms with van der Waals surface area (Å²) in [6, 6.07) is 5.81. The van der Waals surface area contributed by atoms with Crippen molar-refractivity contribution in [2.75, 3.05) is 13.1 Å². The molecule has 0 saturated carbocycles. The van der Waals surface area contributed by atoms with Crippen molar-refractivity contribution in [1.29, 1.82) is 0 Å². The van der Waals surface area contributed by atoms with Gasteiger partial charge in [-0.05, 0) is 19.4 Å². The maximum Gasteiger partial charge on any atom is 0.452 e. The van der Waals surface area contributed by atoms with Crippen molar-refractivity contribution in [1.82, 2.24) is 14.7 Å². The largest absolute Gasteiger partial charge is 0.452 e. The van der Waals surface area contributed by atoms with Crippen molar-refractivity contribution < 1.29 is 19.5 Å². The second kappa shape index (κ2) is 5.95. The Kier molecular flexibility index (Phi) is 3.83. The third-order valence-electron chi connectivity index (χ3n) is 3.40. The fraction of sp³-hybridized carbons (Fsp3) is 0.286. The summed E-state index contributed by atoms with van der Waals surface area (Å²) in [4.78, 5) is 33.2. The lowest BCUT2D eigenvalue weighted by Crippen LogP contribution is -2.42. The number of hydrogen-bond donors (Lipinski definition) is 0. The van der Waals surface area contributed by atoms with Crippen LogP contribution in [0, 0.1) is 17.0 Å². The Bertz CT molecular complexity index is 753. The molecule has 9 nitrogen and oxygen atoms in total. The minimum atomic E-state index is -0.612. The van der Waals surface area contributed by atoms with Crippen LogP contribution in [0.1, 0.15) is 12.1 Å². The molecule has 1 aliphatic rings. The number of nitro groups is 1. The number of non-ortho nitro benzene ring substituents is 1.